The van der Waals surface area contributed by atoms with Gasteiger partial charge < -0.3 is 15.2 Å². The first-order valence-electron chi connectivity index (χ1n) is 6.92. The van der Waals surface area contributed by atoms with Crippen LogP contribution in [-0.2, 0) is 11.2 Å². The highest BCUT2D eigenvalue weighted by atomic mass is 16.3. The van der Waals surface area contributed by atoms with E-state index in [1.54, 1.807) is 6.07 Å². The number of ketones is 1. The molecule has 0 fully saturated rings. The fourth-order valence-corrected chi connectivity index (χ4v) is 1.98. The number of hydrogen-bond donors (Lipinski definition) is 4. The molecule has 0 saturated carbocycles. The number of carbonyl (C=O) groups is 1. The maximum Gasteiger partial charge on any atom is 0.326 e. The number of allylic oxidation sites excluding steroid dienone is 1. The normalized spacial score (nSPS) is 11.0. The van der Waals surface area contributed by atoms with E-state index in [-0.39, 0.29) is 29.4 Å². The molecule has 0 saturated heterocycles. The number of aromatic hydroxyl groups is 2. The minimum Gasteiger partial charge on any atom is -0.504 e. The summed E-state index contributed by atoms with van der Waals surface area (Å²) in [7, 11) is 0. The maximum absolute atomic E-state index is 11.8. The third-order valence-corrected chi connectivity index (χ3v) is 3.36. The summed E-state index contributed by atoms with van der Waals surface area (Å²) in [6.45, 7) is 1.54. The van der Waals surface area contributed by atoms with Gasteiger partial charge >= 0.3 is 5.69 Å². The van der Waals surface area contributed by atoms with E-state index >= 15 is 0 Å². The molecule has 0 aliphatic rings. The van der Waals surface area contributed by atoms with Crippen molar-refractivity contribution in [3.63, 3.8) is 0 Å². The molecule has 2 aromatic rings. The summed E-state index contributed by atoms with van der Waals surface area (Å²) in [4.78, 5) is 39.0. The Kier molecular flexibility index (Phi) is 4.80. The average Bonchev–Trinajstić information content (AvgIpc) is 2.50. The lowest BCUT2D eigenvalue weighted by Crippen LogP contribution is -2.25. The number of hydrogen-bond acceptors (Lipinski definition) is 5. The topological polar surface area (TPSA) is 123 Å². The second-order valence-electron chi connectivity index (χ2n) is 5.07. The van der Waals surface area contributed by atoms with E-state index in [0.29, 0.717) is 17.5 Å². The monoisotopic (exact) mass is 316 g/mol. The molecule has 120 valence electrons. The van der Waals surface area contributed by atoms with Crippen LogP contribution >= 0.6 is 0 Å². The van der Waals surface area contributed by atoms with Crippen molar-refractivity contribution in [1.82, 2.24) is 9.97 Å². The van der Waals surface area contributed by atoms with Gasteiger partial charge in [-0.05, 0) is 43.2 Å². The first-order chi connectivity index (χ1) is 10.9. The Labute approximate surface area is 131 Å². The second-order valence-corrected chi connectivity index (χ2v) is 5.07. The zero-order valence-electron chi connectivity index (χ0n) is 12.4. The van der Waals surface area contributed by atoms with Crippen molar-refractivity contribution in [2.45, 2.75) is 19.8 Å². The molecule has 1 heterocycles. The van der Waals surface area contributed by atoms with E-state index < -0.39 is 11.2 Å². The first-order valence-corrected chi connectivity index (χ1v) is 6.92. The summed E-state index contributed by atoms with van der Waals surface area (Å²) < 4.78 is 0. The number of aryl methyl sites for hydroxylation is 1. The zero-order valence-corrected chi connectivity index (χ0v) is 12.4. The van der Waals surface area contributed by atoms with Crippen LogP contribution in [0.1, 0.15) is 23.2 Å². The summed E-state index contributed by atoms with van der Waals surface area (Å²) >= 11 is 0. The van der Waals surface area contributed by atoms with E-state index in [1.807, 2.05) is 0 Å². The molecule has 2 rings (SSSR count). The van der Waals surface area contributed by atoms with Crippen LogP contribution in [0, 0.1) is 6.92 Å². The summed E-state index contributed by atoms with van der Waals surface area (Å²) in [5.74, 6) is -0.644. The summed E-state index contributed by atoms with van der Waals surface area (Å²) in [5, 5.41) is 18.6. The minimum absolute atomic E-state index is 0.188. The predicted octanol–water partition coefficient (Wildman–Crippen LogP) is 0.998. The smallest absolute Gasteiger partial charge is 0.326 e. The number of aromatic amines is 2. The number of benzene rings is 1. The van der Waals surface area contributed by atoms with Crippen LogP contribution in [0.25, 0.3) is 6.08 Å². The van der Waals surface area contributed by atoms with Crippen molar-refractivity contribution >= 4 is 11.9 Å². The molecule has 0 atom stereocenters. The van der Waals surface area contributed by atoms with Crippen molar-refractivity contribution in [3.8, 4) is 11.5 Å². The molecule has 0 radical (unpaired) electrons. The van der Waals surface area contributed by atoms with Gasteiger partial charge in [0.05, 0.1) is 5.69 Å². The van der Waals surface area contributed by atoms with Crippen molar-refractivity contribution in [2.75, 3.05) is 0 Å². The standard InChI is InChI=1S/C16H16N2O5/c1-9-12(17-16(23)18-15(9)22)6-5-11(19)4-2-10-3-7-13(20)14(21)8-10/h3,5-8,20-21H,2,4H2,1H3,(H2,17,18,22,23)/b6-5+. The Bertz CT molecular complexity index is 877. The quantitative estimate of drug-likeness (QED) is 0.484. The van der Waals surface area contributed by atoms with E-state index in [1.165, 1.54) is 31.2 Å². The van der Waals surface area contributed by atoms with Gasteiger partial charge in [0.25, 0.3) is 5.56 Å². The van der Waals surface area contributed by atoms with E-state index in [2.05, 4.69) is 9.97 Å². The lowest BCUT2D eigenvalue weighted by molar-refractivity contribution is -0.114. The largest absolute Gasteiger partial charge is 0.504 e. The lowest BCUT2D eigenvalue weighted by atomic mass is 10.1. The Hall–Kier alpha value is -3.09. The third kappa shape index (κ3) is 4.19. The molecule has 4 N–H and O–H groups in total. The van der Waals surface area contributed by atoms with Gasteiger partial charge in [-0.2, -0.15) is 0 Å². The van der Waals surface area contributed by atoms with Gasteiger partial charge in [0.1, 0.15) is 0 Å². The number of carbonyl (C=O) groups excluding carboxylic acids is 1. The maximum atomic E-state index is 11.8. The second kappa shape index (κ2) is 6.78. The number of phenols is 2. The van der Waals surface area contributed by atoms with Crippen LogP contribution in [0.15, 0.2) is 33.9 Å². The van der Waals surface area contributed by atoms with Gasteiger partial charge in [0, 0.05) is 12.0 Å². The molecule has 7 heteroatoms. The zero-order chi connectivity index (χ0) is 17.0. The Balaban J connectivity index is 2.03. The Morgan fingerprint density at radius 3 is 2.61 bits per heavy atom. The van der Waals surface area contributed by atoms with Crippen molar-refractivity contribution < 1.29 is 15.0 Å². The number of aromatic nitrogens is 2. The first kappa shape index (κ1) is 16.3. The molecule has 0 amide bonds. The van der Waals surface area contributed by atoms with Crippen molar-refractivity contribution in [3.05, 3.63) is 61.9 Å². The van der Waals surface area contributed by atoms with Gasteiger partial charge in [-0.15, -0.1) is 0 Å². The summed E-state index contributed by atoms with van der Waals surface area (Å²) in [6.07, 6.45) is 3.26. The van der Waals surface area contributed by atoms with Gasteiger partial charge in [0.2, 0.25) is 0 Å². The molecule has 7 nitrogen and oxygen atoms in total. The highest BCUT2D eigenvalue weighted by Crippen LogP contribution is 2.25. The molecule has 1 aromatic heterocycles. The average molecular weight is 316 g/mol. The highest BCUT2D eigenvalue weighted by Gasteiger charge is 2.05. The molecule has 0 bridgehead atoms. The van der Waals surface area contributed by atoms with Crippen LogP contribution < -0.4 is 11.2 Å². The molecule has 0 unspecified atom stereocenters. The number of rotatable bonds is 5. The lowest BCUT2D eigenvalue weighted by Gasteiger charge is -2.02. The number of H-pyrrole nitrogens is 2. The minimum atomic E-state index is -0.632. The fourth-order valence-electron chi connectivity index (χ4n) is 1.98. The van der Waals surface area contributed by atoms with Crippen molar-refractivity contribution in [1.29, 1.82) is 0 Å². The molecule has 0 aliphatic heterocycles. The van der Waals surface area contributed by atoms with Gasteiger partial charge in [-0.1, -0.05) is 6.07 Å². The third-order valence-electron chi connectivity index (χ3n) is 3.36. The van der Waals surface area contributed by atoms with Crippen LogP contribution in [0.3, 0.4) is 0 Å². The summed E-state index contributed by atoms with van der Waals surface area (Å²) in [6, 6.07) is 4.37. The molecular weight excluding hydrogens is 300 g/mol. The molecule has 0 aliphatic carbocycles. The summed E-state index contributed by atoms with van der Waals surface area (Å²) in [5.41, 5.74) is 0.182. The van der Waals surface area contributed by atoms with Gasteiger partial charge in [-0.25, -0.2) is 4.79 Å². The molecule has 1 aromatic carbocycles. The van der Waals surface area contributed by atoms with Gasteiger partial charge in [0.15, 0.2) is 17.3 Å². The Morgan fingerprint density at radius 1 is 1.17 bits per heavy atom. The van der Waals surface area contributed by atoms with Gasteiger partial charge in [-0.3, -0.25) is 14.6 Å². The number of nitrogens with one attached hydrogen (secondary N) is 2. The van der Waals surface area contributed by atoms with Crippen LogP contribution in [0.4, 0.5) is 0 Å². The number of phenolic OH excluding ortho intramolecular Hbond substituents is 2. The van der Waals surface area contributed by atoms with E-state index in [4.69, 9.17) is 0 Å². The Morgan fingerprint density at radius 2 is 1.91 bits per heavy atom. The predicted molar refractivity (Wildman–Crippen MR) is 84.6 cm³/mol. The highest BCUT2D eigenvalue weighted by molar-refractivity contribution is 5.93. The van der Waals surface area contributed by atoms with E-state index in [9.17, 15) is 24.6 Å². The van der Waals surface area contributed by atoms with Crippen LogP contribution in [0.5, 0.6) is 11.5 Å². The fraction of sp³-hybridized carbons (Fsp3) is 0.188. The SMILES string of the molecule is Cc1c(/C=C/C(=O)CCc2ccc(O)c(O)c2)[nH]c(=O)[nH]c1=O. The van der Waals surface area contributed by atoms with E-state index in [0.717, 1.165) is 0 Å². The van der Waals surface area contributed by atoms with Crippen LogP contribution in [-0.4, -0.2) is 26.0 Å². The molecule has 23 heavy (non-hydrogen) atoms. The molecular formula is C16H16N2O5. The van der Waals surface area contributed by atoms with Crippen LogP contribution in [0.2, 0.25) is 0 Å². The van der Waals surface area contributed by atoms with Crippen molar-refractivity contribution in [2.24, 2.45) is 0 Å². The molecule has 0 spiro atoms.